The van der Waals surface area contributed by atoms with E-state index >= 15 is 0 Å². The van der Waals surface area contributed by atoms with Gasteiger partial charge >= 0.3 is 0 Å². The average Bonchev–Trinajstić information content (AvgIpc) is 2.81. The smallest absolute Gasteiger partial charge is 0.238 e. The van der Waals surface area contributed by atoms with Crippen LogP contribution in [0.5, 0.6) is 0 Å². The Morgan fingerprint density at radius 1 is 1.35 bits per heavy atom. The number of hydrogen-bond donors (Lipinski definition) is 1. The van der Waals surface area contributed by atoms with Crippen molar-refractivity contribution in [3.8, 4) is 0 Å². The van der Waals surface area contributed by atoms with Crippen molar-refractivity contribution < 1.29 is 9.53 Å². The minimum atomic E-state index is 0.000526. The van der Waals surface area contributed by atoms with Gasteiger partial charge in [0.2, 0.25) is 5.91 Å². The van der Waals surface area contributed by atoms with Gasteiger partial charge in [0.1, 0.15) is 6.17 Å². The third-order valence-corrected chi connectivity index (χ3v) is 3.75. The molecule has 110 valence electrons. The molecular formula is C16H24N2O2. The zero-order valence-electron chi connectivity index (χ0n) is 12.6. The third-order valence-electron chi connectivity index (χ3n) is 3.75. The van der Waals surface area contributed by atoms with E-state index in [4.69, 9.17) is 4.74 Å². The van der Waals surface area contributed by atoms with Crippen LogP contribution in [-0.2, 0) is 9.53 Å². The summed E-state index contributed by atoms with van der Waals surface area (Å²) in [5.41, 5.74) is 2.47. The van der Waals surface area contributed by atoms with Gasteiger partial charge in [-0.15, -0.1) is 0 Å². The summed E-state index contributed by atoms with van der Waals surface area (Å²) in [5, 5.41) is 3.28. The number of hydrogen-bond acceptors (Lipinski definition) is 3. The van der Waals surface area contributed by atoms with Gasteiger partial charge < -0.3 is 9.64 Å². The molecule has 4 nitrogen and oxygen atoms in total. The van der Waals surface area contributed by atoms with Gasteiger partial charge in [-0.25, -0.2) is 0 Å². The standard InChI is InChI=1S/C16H24N2O2/c1-12(2)13-5-7-14(8-6-13)16-17-11-15(19)18(16)9-4-10-20-3/h5-8,12,16-17H,4,9-11H2,1-3H3. The molecular weight excluding hydrogens is 252 g/mol. The van der Waals surface area contributed by atoms with E-state index in [0.29, 0.717) is 19.1 Å². The number of carbonyl (C=O) groups is 1. The molecule has 1 amide bonds. The molecule has 1 saturated heterocycles. The van der Waals surface area contributed by atoms with Crippen LogP contribution in [0.4, 0.5) is 0 Å². The average molecular weight is 276 g/mol. The van der Waals surface area contributed by atoms with E-state index in [2.05, 4.69) is 43.4 Å². The monoisotopic (exact) mass is 276 g/mol. The van der Waals surface area contributed by atoms with E-state index in [0.717, 1.165) is 18.5 Å². The molecule has 0 spiro atoms. The van der Waals surface area contributed by atoms with Crippen molar-refractivity contribution in [3.05, 3.63) is 35.4 Å². The Balaban J connectivity index is 2.07. The van der Waals surface area contributed by atoms with Gasteiger partial charge in [-0.05, 0) is 23.5 Å². The number of benzene rings is 1. The molecule has 1 atom stereocenters. The minimum absolute atomic E-state index is 0.000526. The summed E-state index contributed by atoms with van der Waals surface area (Å²) in [6.07, 6.45) is 0.866. The van der Waals surface area contributed by atoms with Crippen LogP contribution in [-0.4, -0.2) is 37.6 Å². The zero-order valence-corrected chi connectivity index (χ0v) is 12.6. The summed E-state index contributed by atoms with van der Waals surface area (Å²) >= 11 is 0. The summed E-state index contributed by atoms with van der Waals surface area (Å²) in [6, 6.07) is 8.54. The number of carbonyl (C=O) groups excluding carboxylic acids is 1. The SMILES string of the molecule is COCCCN1C(=O)CNC1c1ccc(C(C)C)cc1. The normalized spacial score (nSPS) is 19.1. The molecule has 0 aromatic heterocycles. The first-order valence-electron chi connectivity index (χ1n) is 7.25. The topological polar surface area (TPSA) is 41.6 Å². The van der Waals surface area contributed by atoms with Gasteiger partial charge in [0, 0.05) is 20.3 Å². The van der Waals surface area contributed by atoms with Crippen molar-refractivity contribution in [3.63, 3.8) is 0 Å². The van der Waals surface area contributed by atoms with Crippen molar-refractivity contribution in [2.45, 2.75) is 32.4 Å². The molecule has 1 aromatic carbocycles. The van der Waals surface area contributed by atoms with E-state index in [1.165, 1.54) is 5.56 Å². The Morgan fingerprint density at radius 3 is 2.65 bits per heavy atom. The Labute approximate surface area is 121 Å². The fourth-order valence-electron chi connectivity index (χ4n) is 2.53. The second-order valence-electron chi connectivity index (χ2n) is 5.54. The van der Waals surface area contributed by atoms with Gasteiger partial charge in [0.15, 0.2) is 0 Å². The number of nitrogens with one attached hydrogen (secondary N) is 1. The molecule has 1 heterocycles. The summed E-state index contributed by atoms with van der Waals surface area (Å²) in [4.78, 5) is 13.9. The minimum Gasteiger partial charge on any atom is -0.385 e. The molecule has 0 aliphatic carbocycles. The molecule has 2 rings (SSSR count). The van der Waals surface area contributed by atoms with Gasteiger partial charge in [0.25, 0.3) is 0 Å². The van der Waals surface area contributed by atoms with Crippen molar-refractivity contribution in [2.24, 2.45) is 0 Å². The van der Waals surface area contributed by atoms with Crippen LogP contribution in [0.15, 0.2) is 24.3 Å². The van der Waals surface area contributed by atoms with Crippen molar-refractivity contribution in [1.82, 2.24) is 10.2 Å². The number of methoxy groups -OCH3 is 1. The molecule has 0 radical (unpaired) electrons. The van der Waals surface area contributed by atoms with E-state index in [-0.39, 0.29) is 12.1 Å². The van der Waals surface area contributed by atoms with Crippen molar-refractivity contribution in [1.29, 1.82) is 0 Å². The summed E-state index contributed by atoms with van der Waals surface area (Å²) in [5.74, 6) is 0.694. The maximum Gasteiger partial charge on any atom is 0.238 e. The fourth-order valence-corrected chi connectivity index (χ4v) is 2.53. The molecule has 1 aromatic rings. The van der Waals surface area contributed by atoms with E-state index in [1.54, 1.807) is 7.11 Å². The Kier molecular flexibility index (Phi) is 5.15. The first-order chi connectivity index (χ1) is 9.63. The van der Waals surface area contributed by atoms with Crippen LogP contribution in [0, 0.1) is 0 Å². The fraction of sp³-hybridized carbons (Fsp3) is 0.562. The maximum absolute atomic E-state index is 11.9. The first-order valence-corrected chi connectivity index (χ1v) is 7.25. The number of amides is 1. The first kappa shape index (κ1) is 15.0. The van der Waals surface area contributed by atoms with Gasteiger partial charge in [0.05, 0.1) is 6.54 Å². The summed E-state index contributed by atoms with van der Waals surface area (Å²) in [7, 11) is 1.69. The quantitative estimate of drug-likeness (QED) is 0.810. The lowest BCUT2D eigenvalue weighted by Crippen LogP contribution is -2.31. The second kappa shape index (κ2) is 6.86. The number of ether oxygens (including phenoxy) is 1. The lowest BCUT2D eigenvalue weighted by Gasteiger charge is -2.25. The predicted molar refractivity (Wildman–Crippen MR) is 79.5 cm³/mol. The highest BCUT2D eigenvalue weighted by molar-refractivity contribution is 5.80. The van der Waals surface area contributed by atoms with E-state index in [1.807, 2.05) is 4.90 Å². The molecule has 0 saturated carbocycles. The molecule has 1 fully saturated rings. The highest BCUT2D eigenvalue weighted by Gasteiger charge is 2.30. The zero-order chi connectivity index (χ0) is 14.5. The molecule has 0 bridgehead atoms. The summed E-state index contributed by atoms with van der Waals surface area (Å²) in [6.45, 7) is 6.20. The molecule has 1 N–H and O–H groups in total. The van der Waals surface area contributed by atoms with Gasteiger partial charge in [-0.3, -0.25) is 10.1 Å². The van der Waals surface area contributed by atoms with E-state index < -0.39 is 0 Å². The maximum atomic E-state index is 11.9. The van der Waals surface area contributed by atoms with Crippen LogP contribution >= 0.6 is 0 Å². The van der Waals surface area contributed by atoms with E-state index in [9.17, 15) is 4.79 Å². The van der Waals surface area contributed by atoms with Crippen LogP contribution in [0.25, 0.3) is 0 Å². The number of rotatable bonds is 6. The lowest BCUT2D eigenvalue weighted by molar-refractivity contribution is -0.128. The van der Waals surface area contributed by atoms with Crippen molar-refractivity contribution in [2.75, 3.05) is 26.8 Å². The second-order valence-corrected chi connectivity index (χ2v) is 5.54. The highest BCUT2D eigenvalue weighted by atomic mass is 16.5. The Bertz CT molecular complexity index is 442. The predicted octanol–water partition coefficient (Wildman–Crippen LogP) is 2.28. The molecule has 1 unspecified atom stereocenters. The molecule has 4 heteroatoms. The summed E-state index contributed by atoms with van der Waals surface area (Å²) < 4.78 is 5.06. The van der Waals surface area contributed by atoms with Crippen LogP contribution < -0.4 is 5.32 Å². The molecule has 1 aliphatic heterocycles. The van der Waals surface area contributed by atoms with Gasteiger partial charge in [-0.1, -0.05) is 38.1 Å². The molecule has 20 heavy (non-hydrogen) atoms. The Hall–Kier alpha value is -1.39. The lowest BCUT2D eigenvalue weighted by atomic mass is 10.0. The van der Waals surface area contributed by atoms with Crippen LogP contribution in [0.1, 0.15) is 43.5 Å². The van der Waals surface area contributed by atoms with Crippen LogP contribution in [0.3, 0.4) is 0 Å². The van der Waals surface area contributed by atoms with Crippen LogP contribution in [0.2, 0.25) is 0 Å². The number of nitrogens with zero attached hydrogens (tertiary/aromatic N) is 1. The largest absolute Gasteiger partial charge is 0.385 e. The molecule has 1 aliphatic rings. The van der Waals surface area contributed by atoms with Gasteiger partial charge in [-0.2, -0.15) is 0 Å². The van der Waals surface area contributed by atoms with Crippen molar-refractivity contribution >= 4 is 5.91 Å². The third kappa shape index (κ3) is 3.38. The Morgan fingerprint density at radius 2 is 2.05 bits per heavy atom. The highest BCUT2D eigenvalue weighted by Crippen LogP contribution is 2.24.